The van der Waals surface area contributed by atoms with Gasteiger partial charge in [-0.3, -0.25) is 4.90 Å². The molecule has 4 rings (SSSR count). The molecule has 2 aliphatic heterocycles. The number of allylic oxidation sites excluding steroid dienone is 2. The van der Waals surface area contributed by atoms with Gasteiger partial charge in [0.1, 0.15) is 6.07 Å². The van der Waals surface area contributed by atoms with E-state index in [2.05, 4.69) is 36.2 Å². The number of fused-ring (bicyclic) bond motifs is 4. The highest BCUT2D eigenvalue weighted by atomic mass is 32.1. The quantitative estimate of drug-likeness (QED) is 0.841. The van der Waals surface area contributed by atoms with Gasteiger partial charge in [-0.2, -0.15) is 27.1 Å². The highest BCUT2D eigenvalue weighted by Gasteiger charge is 2.58. The predicted molar refractivity (Wildman–Crippen MR) is 93.7 cm³/mol. The molecule has 0 saturated carbocycles. The Balaban J connectivity index is 2.05. The molecule has 1 aliphatic carbocycles. The van der Waals surface area contributed by atoms with Crippen LogP contribution < -0.4 is 5.73 Å². The molecule has 25 heavy (non-hydrogen) atoms. The minimum absolute atomic E-state index is 0.0698. The molecule has 6 heteroatoms. The number of hydrogen-bond donors (Lipinski definition) is 1. The molecule has 3 heterocycles. The lowest BCUT2D eigenvalue weighted by atomic mass is 9.56. The highest BCUT2D eigenvalue weighted by Crippen LogP contribution is 2.58. The largest absolute Gasteiger partial charge is 0.399 e. The third kappa shape index (κ3) is 1.89. The van der Waals surface area contributed by atoms with Crippen LogP contribution in [0.1, 0.15) is 24.3 Å². The summed E-state index contributed by atoms with van der Waals surface area (Å²) in [7, 11) is 2.09. The Labute approximate surface area is 150 Å². The van der Waals surface area contributed by atoms with Crippen LogP contribution in [-0.2, 0) is 0 Å². The van der Waals surface area contributed by atoms with E-state index >= 15 is 0 Å². The zero-order chi connectivity index (χ0) is 17.8. The summed E-state index contributed by atoms with van der Waals surface area (Å²) in [6, 6.07) is 9.06. The number of nitrogens with two attached hydrogens (primary N) is 1. The van der Waals surface area contributed by atoms with E-state index in [4.69, 9.17) is 5.73 Å². The van der Waals surface area contributed by atoms with Crippen molar-refractivity contribution >= 4 is 11.3 Å². The summed E-state index contributed by atoms with van der Waals surface area (Å²) in [6.45, 7) is 0. The molecule has 1 fully saturated rings. The molecule has 3 aliphatic rings. The zero-order valence-corrected chi connectivity index (χ0v) is 14.6. The lowest BCUT2D eigenvalue weighted by molar-refractivity contribution is 0.161. The van der Waals surface area contributed by atoms with Crippen molar-refractivity contribution in [3.63, 3.8) is 0 Å². The van der Waals surface area contributed by atoms with Crippen LogP contribution >= 0.6 is 11.3 Å². The first kappa shape index (κ1) is 15.9. The summed E-state index contributed by atoms with van der Waals surface area (Å²) >= 11 is 1.55. The molecule has 2 bridgehead atoms. The van der Waals surface area contributed by atoms with Gasteiger partial charge in [0.05, 0.1) is 23.4 Å². The van der Waals surface area contributed by atoms with Gasteiger partial charge in [-0.25, -0.2) is 0 Å². The molecular weight excluding hydrogens is 330 g/mol. The number of hydrogen-bond acceptors (Lipinski definition) is 6. The molecule has 5 nitrogen and oxygen atoms in total. The second kappa shape index (κ2) is 5.46. The van der Waals surface area contributed by atoms with E-state index in [9.17, 15) is 15.8 Å². The van der Waals surface area contributed by atoms with Gasteiger partial charge in [-0.15, -0.1) is 0 Å². The topological polar surface area (TPSA) is 101 Å². The van der Waals surface area contributed by atoms with Gasteiger partial charge in [0, 0.05) is 23.9 Å². The minimum Gasteiger partial charge on any atom is -0.399 e. The molecular formula is C19H17N5S. The Bertz CT molecular complexity index is 891. The van der Waals surface area contributed by atoms with E-state index in [1.807, 2.05) is 16.8 Å². The normalized spacial score (nSPS) is 33.0. The van der Waals surface area contributed by atoms with Crippen molar-refractivity contribution in [2.75, 3.05) is 7.05 Å². The molecule has 0 radical (unpaired) electrons. The Kier molecular flexibility index (Phi) is 3.48. The summed E-state index contributed by atoms with van der Waals surface area (Å²) in [5.41, 5.74) is 7.14. The van der Waals surface area contributed by atoms with Gasteiger partial charge < -0.3 is 5.73 Å². The van der Waals surface area contributed by atoms with E-state index in [0.29, 0.717) is 11.6 Å². The summed E-state index contributed by atoms with van der Waals surface area (Å²) in [5, 5.41) is 33.7. The van der Waals surface area contributed by atoms with Crippen molar-refractivity contribution in [2.24, 2.45) is 17.1 Å². The van der Waals surface area contributed by atoms with E-state index in [-0.39, 0.29) is 23.6 Å². The number of nitrogens with zero attached hydrogens (tertiary/aromatic N) is 4. The number of nitriles is 3. The van der Waals surface area contributed by atoms with Crippen LogP contribution in [0, 0.1) is 45.3 Å². The van der Waals surface area contributed by atoms with Crippen LogP contribution in [0.2, 0.25) is 0 Å². The first-order valence-corrected chi connectivity index (χ1v) is 9.22. The van der Waals surface area contributed by atoms with Crippen molar-refractivity contribution in [2.45, 2.75) is 30.8 Å². The maximum atomic E-state index is 9.99. The molecule has 0 amide bonds. The van der Waals surface area contributed by atoms with Crippen LogP contribution in [0.5, 0.6) is 0 Å². The molecule has 0 spiro atoms. The molecule has 0 aromatic carbocycles. The zero-order valence-electron chi connectivity index (χ0n) is 13.8. The molecule has 124 valence electrons. The van der Waals surface area contributed by atoms with E-state index in [1.165, 1.54) is 0 Å². The van der Waals surface area contributed by atoms with Crippen LogP contribution in [0.4, 0.5) is 0 Å². The molecule has 1 saturated heterocycles. The fourth-order valence-electron chi connectivity index (χ4n) is 4.91. The summed E-state index contributed by atoms with van der Waals surface area (Å²) in [5.74, 6) is -0.428. The standard InChI is InChI=1S/C19H17N5S/c1-24-12-2-3-15(24)16-13(6-12)14(7-20)18(23)19(9-21,10-22)17(16)11-4-5-25-8-11/h4-6,8,12,15-17H,2-3,23H2,1H3/t12-,15-,16+,17-/m1/s1. The second-order valence-corrected chi connectivity index (χ2v) is 7.77. The fraction of sp³-hybridized carbons (Fsp3) is 0.421. The van der Waals surface area contributed by atoms with Crippen molar-refractivity contribution in [1.29, 1.82) is 15.8 Å². The van der Waals surface area contributed by atoms with Crippen molar-refractivity contribution in [3.8, 4) is 18.2 Å². The number of thiophene rings is 1. The van der Waals surface area contributed by atoms with E-state index in [0.717, 1.165) is 24.0 Å². The summed E-state index contributed by atoms with van der Waals surface area (Å²) < 4.78 is 0. The SMILES string of the molecule is CN1[C@@H]2CC[C@@H]1C=C1C(C#N)=C(N)C(C#N)(C#N)[C@H](c3ccsc3)[C@@H]12. The average Bonchev–Trinajstić information content (AvgIpc) is 3.21. The number of likely N-dealkylation sites (N-methyl/N-ethyl adjacent to an activating group) is 1. The first-order valence-electron chi connectivity index (χ1n) is 8.28. The maximum absolute atomic E-state index is 9.99. The minimum atomic E-state index is -1.51. The van der Waals surface area contributed by atoms with Gasteiger partial charge in [-0.1, -0.05) is 6.08 Å². The molecule has 4 atom stereocenters. The van der Waals surface area contributed by atoms with E-state index < -0.39 is 5.41 Å². The lowest BCUT2D eigenvalue weighted by Gasteiger charge is -2.48. The third-order valence-corrected chi connectivity index (χ3v) is 6.83. The average molecular weight is 347 g/mol. The fourth-order valence-corrected chi connectivity index (χ4v) is 5.61. The number of rotatable bonds is 1. The van der Waals surface area contributed by atoms with Gasteiger partial charge in [0.2, 0.25) is 0 Å². The monoisotopic (exact) mass is 347 g/mol. The van der Waals surface area contributed by atoms with E-state index in [1.54, 1.807) is 11.3 Å². The van der Waals surface area contributed by atoms with Crippen LogP contribution in [0.3, 0.4) is 0 Å². The van der Waals surface area contributed by atoms with Crippen LogP contribution in [0.25, 0.3) is 0 Å². The van der Waals surface area contributed by atoms with Gasteiger partial charge in [-0.05, 0) is 47.9 Å². The molecule has 0 unspecified atom stereocenters. The predicted octanol–water partition coefficient (Wildman–Crippen LogP) is 2.63. The van der Waals surface area contributed by atoms with Crippen molar-refractivity contribution < 1.29 is 0 Å². The Hall–Kier alpha value is -2.59. The summed E-state index contributed by atoms with van der Waals surface area (Å²) in [6.07, 6.45) is 4.16. The Morgan fingerprint density at radius 1 is 1.28 bits per heavy atom. The van der Waals surface area contributed by atoms with Gasteiger partial charge in [0.15, 0.2) is 5.41 Å². The smallest absolute Gasteiger partial charge is 0.191 e. The highest BCUT2D eigenvalue weighted by molar-refractivity contribution is 7.08. The van der Waals surface area contributed by atoms with Crippen molar-refractivity contribution in [3.05, 3.63) is 45.3 Å². The van der Waals surface area contributed by atoms with Crippen molar-refractivity contribution in [1.82, 2.24) is 4.90 Å². The van der Waals surface area contributed by atoms with Crippen LogP contribution in [-0.4, -0.2) is 24.0 Å². The Morgan fingerprint density at radius 2 is 2.04 bits per heavy atom. The first-order chi connectivity index (χ1) is 12.1. The second-order valence-electron chi connectivity index (χ2n) is 6.99. The van der Waals surface area contributed by atoms with Crippen LogP contribution in [0.15, 0.2) is 39.7 Å². The maximum Gasteiger partial charge on any atom is 0.191 e. The Morgan fingerprint density at radius 3 is 2.64 bits per heavy atom. The molecule has 1 aromatic heterocycles. The lowest BCUT2D eigenvalue weighted by Crippen LogP contribution is -2.51. The summed E-state index contributed by atoms with van der Waals surface area (Å²) in [4.78, 5) is 2.32. The third-order valence-electron chi connectivity index (χ3n) is 6.13. The van der Waals surface area contributed by atoms with Gasteiger partial charge in [0.25, 0.3) is 0 Å². The molecule has 2 N–H and O–H groups in total. The molecule has 1 aromatic rings. The van der Waals surface area contributed by atoms with Gasteiger partial charge >= 0.3 is 0 Å².